The number of amides is 1. The normalized spacial score (nSPS) is 20.7. The molecule has 1 N–H and O–H groups in total. The number of fused-ring (bicyclic) bond motifs is 1. The highest BCUT2D eigenvalue weighted by molar-refractivity contribution is 7.99. The van der Waals surface area contributed by atoms with Gasteiger partial charge in [0.25, 0.3) is 5.56 Å². The van der Waals surface area contributed by atoms with Crippen molar-refractivity contribution in [1.82, 2.24) is 19.4 Å². The van der Waals surface area contributed by atoms with Crippen molar-refractivity contribution in [2.24, 2.45) is 0 Å². The molecule has 2 aliphatic rings. The van der Waals surface area contributed by atoms with Crippen LogP contribution in [0.2, 0.25) is 0 Å². The molecular weight excluding hydrogens is 491 g/mol. The summed E-state index contributed by atoms with van der Waals surface area (Å²) in [6, 6.07) is 11.0. The summed E-state index contributed by atoms with van der Waals surface area (Å²) < 4.78 is 17.1. The summed E-state index contributed by atoms with van der Waals surface area (Å²) in [4.78, 5) is 43.8. The van der Waals surface area contributed by atoms with Crippen molar-refractivity contribution in [3.05, 3.63) is 74.8 Å². The molecule has 1 saturated heterocycles. The Hall–Kier alpha value is -2.94. The zero-order valence-electron chi connectivity index (χ0n) is 20.9. The molecule has 1 amide bonds. The Morgan fingerprint density at radius 3 is 2.43 bits per heavy atom. The number of rotatable bonds is 7. The highest BCUT2D eigenvalue weighted by Crippen LogP contribution is 2.30. The Morgan fingerprint density at radius 1 is 1.00 bits per heavy atom. The second kappa shape index (κ2) is 11.6. The van der Waals surface area contributed by atoms with Gasteiger partial charge in [0, 0.05) is 24.5 Å². The number of aromatic nitrogens is 3. The van der Waals surface area contributed by atoms with Crippen molar-refractivity contribution in [3.63, 3.8) is 0 Å². The molecule has 2 fully saturated rings. The quantitative estimate of drug-likeness (QED) is 0.496. The molecule has 1 aliphatic carbocycles. The zero-order chi connectivity index (χ0) is 25.8. The molecule has 3 heterocycles. The van der Waals surface area contributed by atoms with E-state index in [4.69, 9.17) is 0 Å². The Bertz CT molecular complexity index is 1360. The van der Waals surface area contributed by atoms with E-state index in [1.165, 1.54) is 16.2 Å². The smallest absolute Gasteiger partial charge is 0.333 e. The van der Waals surface area contributed by atoms with Crippen LogP contribution >= 0.6 is 11.8 Å². The van der Waals surface area contributed by atoms with E-state index >= 15 is 0 Å². The van der Waals surface area contributed by atoms with Crippen LogP contribution < -0.4 is 16.6 Å². The Morgan fingerprint density at radius 2 is 1.70 bits per heavy atom. The van der Waals surface area contributed by atoms with Gasteiger partial charge in [-0.3, -0.25) is 18.7 Å². The first kappa shape index (κ1) is 25.7. The zero-order valence-corrected chi connectivity index (χ0v) is 21.7. The predicted molar refractivity (Wildman–Crippen MR) is 145 cm³/mol. The molecule has 0 spiro atoms. The molecule has 2 aromatic heterocycles. The minimum Gasteiger partial charge on any atom is -0.353 e. The van der Waals surface area contributed by atoms with Crippen LogP contribution in [0, 0.1) is 5.82 Å². The standard InChI is InChI=1S/C28H33FN4O3S/c29-20-17-24-26(30-18-20)32(23-13-15-37-16-14-23)28(36)33(27(24)35)22-11-9-21(10-12-22)31-25(34)8-4-7-19-5-2-1-3-6-19/h1-3,5-6,17-18,21-23H,4,7-16H2,(H,31,34)/t21-,22+. The van der Waals surface area contributed by atoms with E-state index in [2.05, 4.69) is 22.4 Å². The van der Waals surface area contributed by atoms with Gasteiger partial charge in [-0.15, -0.1) is 0 Å². The summed E-state index contributed by atoms with van der Waals surface area (Å²) in [6.07, 6.45) is 7.46. The molecule has 7 nitrogen and oxygen atoms in total. The second-order valence-corrected chi connectivity index (χ2v) is 11.3. The summed E-state index contributed by atoms with van der Waals surface area (Å²) in [5, 5.41) is 3.29. The molecule has 9 heteroatoms. The van der Waals surface area contributed by atoms with Crippen LogP contribution in [0.3, 0.4) is 0 Å². The number of carbonyl (C=O) groups is 1. The van der Waals surface area contributed by atoms with Crippen LogP contribution in [0.25, 0.3) is 11.0 Å². The summed E-state index contributed by atoms with van der Waals surface area (Å²) in [6.45, 7) is 0. The number of hydrogen-bond acceptors (Lipinski definition) is 5. The maximum absolute atomic E-state index is 14.1. The number of halogens is 1. The molecular formula is C28H33FN4O3S. The van der Waals surface area contributed by atoms with E-state index < -0.39 is 11.4 Å². The summed E-state index contributed by atoms with van der Waals surface area (Å²) in [7, 11) is 0. The summed E-state index contributed by atoms with van der Waals surface area (Å²) in [5.41, 5.74) is 0.689. The molecule has 1 saturated carbocycles. The lowest BCUT2D eigenvalue weighted by atomic mass is 9.90. The third-order valence-electron chi connectivity index (χ3n) is 7.62. The van der Waals surface area contributed by atoms with Crippen LogP contribution in [0.4, 0.5) is 4.39 Å². The third-order valence-corrected chi connectivity index (χ3v) is 8.67. The van der Waals surface area contributed by atoms with Gasteiger partial charge < -0.3 is 5.32 Å². The maximum atomic E-state index is 14.1. The van der Waals surface area contributed by atoms with Crippen molar-refractivity contribution in [3.8, 4) is 0 Å². The van der Waals surface area contributed by atoms with E-state index in [1.54, 1.807) is 4.57 Å². The maximum Gasteiger partial charge on any atom is 0.333 e. The van der Waals surface area contributed by atoms with E-state index in [0.29, 0.717) is 32.1 Å². The van der Waals surface area contributed by atoms with Gasteiger partial charge in [-0.2, -0.15) is 11.8 Å². The molecule has 37 heavy (non-hydrogen) atoms. The van der Waals surface area contributed by atoms with E-state index in [0.717, 1.165) is 43.4 Å². The first-order valence-corrected chi connectivity index (χ1v) is 14.4. The largest absolute Gasteiger partial charge is 0.353 e. The van der Waals surface area contributed by atoms with Crippen LogP contribution in [0.15, 0.2) is 52.2 Å². The van der Waals surface area contributed by atoms with E-state index in [9.17, 15) is 18.8 Å². The van der Waals surface area contributed by atoms with Crippen LogP contribution in [0.1, 0.15) is 69.0 Å². The minimum atomic E-state index is -0.584. The first-order chi connectivity index (χ1) is 18.0. The average molecular weight is 525 g/mol. The Balaban J connectivity index is 1.28. The van der Waals surface area contributed by atoms with E-state index in [-0.39, 0.29) is 40.8 Å². The monoisotopic (exact) mass is 524 g/mol. The molecule has 196 valence electrons. The molecule has 0 atom stereocenters. The number of nitrogens with zero attached hydrogens (tertiary/aromatic N) is 3. The Kier molecular flexibility index (Phi) is 8.08. The molecule has 5 rings (SSSR count). The van der Waals surface area contributed by atoms with Gasteiger partial charge in [-0.25, -0.2) is 14.2 Å². The van der Waals surface area contributed by atoms with Gasteiger partial charge >= 0.3 is 5.69 Å². The number of benzene rings is 1. The topological polar surface area (TPSA) is 86.0 Å². The van der Waals surface area contributed by atoms with Crippen molar-refractivity contribution in [1.29, 1.82) is 0 Å². The van der Waals surface area contributed by atoms with Gasteiger partial charge in [0.1, 0.15) is 11.5 Å². The molecule has 0 unspecified atom stereocenters. The van der Waals surface area contributed by atoms with Crippen molar-refractivity contribution in [2.45, 2.75) is 75.9 Å². The van der Waals surface area contributed by atoms with Crippen molar-refractivity contribution in [2.75, 3.05) is 11.5 Å². The van der Waals surface area contributed by atoms with Crippen molar-refractivity contribution < 1.29 is 9.18 Å². The Labute approximate surface area is 219 Å². The van der Waals surface area contributed by atoms with Crippen LogP contribution in [0.5, 0.6) is 0 Å². The number of aryl methyl sites for hydroxylation is 1. The lowest BCUT2D eigenvalue weighted by Crippen LogP contribution is -2.46. The fourth-order valence-electron chi connectivity index (χ4n) is 5.68. The number of carbonyl (C=O) groups excluding carboxylic acids is 1. The number of nitrogens with one attached hydrogen (secondary N) is 1. The molecule has 0 bridgehead atoms. The highest BCUT2D eigenvalue weighted by Gasteiger charge is 2.29. The number of thioether (sulfide) groups is 1. The summed E-state index contributed by atoms with van der Waals surface area (Å²) in [5.74, 6) is 1.34. The van der Waals surface area contributed by atoms with E-state index in [1.807, 2.05) is 30.0 Å². The first-order valence-electron chi connectivity index (χ1n) is 13.2. The van der Waals surface area contributed by atoms with Gasteiger partial charge in [0.15, 0.2) is 0 Å². The van der Waals surface area contributed by atoms with Crippen molar-refractivity contribution >= 4 is 28.7 Å². The summed E-state index contributed by atoms with van der Waals surface area (Å²) >= 11 is 1.85. The number of pyridine rings is 1. The lowest BCUT2D eigenvalue weighted by Gasteiger charge is -2.31. The molecule has 1 aromatic carbocycles. The average Bonchev–Trinajstić information content (AvgIpc) is 2.91. The SMILES string of the molecule is O=C(CCCc1ccccc1)N[C@H]1CC[C@@H](n2c(=O)c3cc(F)cnc3n(C3CCSCC3)c2=O)CC1. The molecule has 3 aromatic rings. The molecule has 1 aliphatic heterocycles. The van der Waals surface area contributed by atoms with Gasteiger partial charge in [0.05, 0.1) is 11.6 Å². The fourth-order valence-corrected chi connectivity index (χ4v) is 6.76. The highest BCUT2D eigenvalue weighted by atomic mass is 32.2. The van der Waals surface area contributed by atoms with Gasteiger partial charge in [-0.1, -0.05) is 30.3 Å². The minimum absolute atomic E-state index is 0.0355. The lowest BCUT2D eigenvalue weighted by molar-refractivity contribution is -0.122. The van der Waals surface area contributed by atoms with Gasteiger partial charge in [0.2, 0.25) is 5.91 Å². The number of hydrogen-bond donors (Lipinski definition) is 1. The fraction of sp³-hybridized carbons (Fsp3) is 0.500. The second-order valence-electron chi connectivity index (χ2n) is 10.1. The van der Waals surface area contributed by atoms with Crippen LogP contribution in [-0.4, -0.2) is 37.6 Å². The van der Waals surface area contributed by atoms with Gasteiger partial charge in [-0.05, 0) is 74.5 Å². The van der Waals surface area contributed by atoms with Crippen LogP contribution in [-0.2, 0) is 11.2 Å². The predicted octanol–water partition coefficient (Wildman–Crippen LogP) is 4.39. The molecule has 0 radical (unpaired) electrons. The third kappa shape index (κ3) is 5.81.